The van der Waals surface area contributed by atoms with Crippen molar-refractivity contribution in [1.29, 1.82) is 0 Å². The molecule has 9 nitrogen and oxygen atoms in total. The van der Waals surface area contributed by atoms with Crippen LogP contribution < -0.4 is 30.6 Å². The van der Waals surface area contributed by atoms with E-state index in [0.717, 1.165) is 11.1 Å². The second kappa shape index (κ2) is 10.6. The highest BCUT2D eigenvalue weighted by molar-refractivity contribution is 5.87. The van der Waals surface area contributed by atoms with Crippen LogP contribution in [-0.4, -0.2) is 50.2 Å². The van der Waals surface area contributed by atoms with E-state index in [-0.39, 0.29) is 23.6 Å². The average molecular weight is 468 g/mol. The van der Waals surface area contributed by atoms with E-state index < -0.39 is 0 Å². The van der Waals surface area contributed by atoms with Gasteiger partial charge in [-0.2, -0.15) is 0 Å². The molecule has 0 saturated carbocycles. The van der Waals surface area contributed by atoms with Crippen LogP contribution in [0.2, 0.25) is 0 Å². The van der Waals surface area contributed by atoms with Crippen LogP contribution in [0.3, 0.4) is 0 Å². The lowest BCUT2D eigenvalue weighted by atomic mass is 10.0. The minimum Gasteiger partial charge on any atom is -0.493 e. The summed E-state index contributed by atoms with van der Waals surface area (Å²) in [6.07, 6.45) is 0. The monoisotopic (exact) mass is 467 g/mol. The zero-order valence-electron chi connectivity index (χ0n) is 20.8. The number of anilines is 1. The lowest BCUT2D eigenvalue weighted by molar-refractivity contribution is -0.123. The van der Waals surface area contributed by atoms with Crippen LogP contribution in [0.5, 0.6) is 11.5 Å². The standard InChI is InChI=1S/C25H33N5O4/c1-14-21-19(12-20(33-6)22(14)34-7)28-25(29-24(21)32)30(5)13-17-9-8-10-18(11-17)15(2)27-23(31)16(3)26-4/h8-12,15-16,26H,13H2,1-7H3,(H,27,31)(H,28,29,32). The number of aromatic nitrogens is 2. The van der Waals surface area contributed by atoms with Crippen molar-refractivity contribution < 1.29 is 14.3 Å². The van der Waals surface area contributed by atoms with Crippen LogP contribution in [0.1, 0.15) is 36.6 Å². The molecule has 0 spiro atoms. The first-order valence-corrected chi connectivity index (χ1v) is 11.1. The molecular weight excluding hydrogens is 434 g/mol. The molecule has 9 heteroatoms. The van der Waals surface area contributed by atoms with Crippen molar-refractivity contribution >= 4 is 22.8 Å². The molecule has 2 aromatic carbocycles. The largest absolute Gasteiger partial charge is 0.493 e. The summed E-state index contributed by atoms with van der Waals surface area (Å²) >= 11 is 0. The van der Waals surface area contributed by atoms with Gasteiger partial charge in [-0.25, -0.2) is 4.98 Å². The maximum absolute atomic E-state index is 12.9. The number of likely N-dealkylation sites (N-methyl/N-ethyl adjacent to an activating group) is 1. The predicted molar refractivity (Wildman–Crippen MR) is 134 cm³/mol. The minimum absolute atomic E-state index is 0.0576. The zero-order chi connectivity index (χ0) is 25.0. The number of ether oxygens (including phenoxy) is 2. The number of aryl methyl sites for hydroxylation is 1. The third-order valence-corrected chi connectivity index (χ3v) is 5.98. The lowest BCUT2D eigenvalue weighted by Gasteiger charge is -2.21. The number of benzene rings is 2. The number of methoxy groups -OCH3 is 2. The molecule has 0 saturated heterocycles. The molecule has 3 N–H and O–H groups in total. The quantitative estimate of drug-likeness (QED) is 0.444. The molecule has 2 atom stereocenters. The van der Waals surface area contributed by atoms with Crippen LogP contribution in [-0.2, 0) is 11.3 Å². The first kappa shape index (κ1) is 25.0. The van der Waals surface area contributed by atoms with Gasteiger partial charge < -0.3 is 25.0 Å². The summed E-state index contributed by atoms with van der Waals surface area (Å²) < 4.78 is 10.8. The molecule has 2 unspecified atom stereocenters. The van der Waals surface area contributed by atoms with E-state index in [9.17, 15) is 9.59 Å². The number of rotatable bonds is 9. The molecule has 0 aliphatic rings. The summed E-state index contributed by atoms with van der Waals surface area (Å²) in [5, 5.41) is 6.43. The summed E-state index contributed by atoms with van der Waals surface area (Å²) in [5.74, 6) is 1.43. The van der Waals surface area contributed by atoms with Crippen molar-refractivity contribution in [2.45, 2.75) is 39.4 Å². The minimum atomic E-state index is -0.269. The molecule has 3 rings (SSSR count). The highest BCUT2D eigenvalue weighted by Crippen LogP contribution is 2.35. The van der Waals surface area contributed by atoms with Gasteiger partial charge in [0, 0.05) is 25.2 Å². The number of carbonyl (C=O) groups is 1. The molecule has 3 aromatic rings. The van der Waals surface area contributed by atoms with Gasteiger partial charge in [0.1, 0.15) is 0 Å². The predicted octanol–water partition coefficient (Wildman–Crippen LogP) is 2.67. The topological polar surface area (TPSA) is 109 Å². The fourth-order valence-electron chi connectivity index (χ4n) is 3.88. The van der Waals surface area contributed by atoms with Crippen LogP contribution in [0.25, 0.3) is 10.9 Å². The first-order valence-electron chi connectivity index (χ1n) is 11.1. The number of nitrogens with one attached hydrogen (secondary N) is 3. The Morgan fingerprint density at radius 2 is 1.94 bits per heavy atom. The molecule has 34 heavy (non-hydrogen) atoms. The van der Waals surface area contributed by atoms with Crippen molar-refractivity contribution in [2.75, 3.05) is 33.2 Å². The van der Waals surface area contributed by atoms with Crippen molar-refractivity contribution in [3.05, 3.63) is 57.4 Å². The molecule has 0 aliphatic heterocycles. The number of hydrogen-bond donors (Lipinski definition) is 3. The van der Waals surface area contributed by atoms with E-state index in [2.05, 4.69) is 20.6 Å². The Bertz CT molecular complexity index is 1240. The summed E-state index contributed by atoms with van der Waals surface area (Å²) in [7, 11) is 6.72. The Morgan fingerprint density at radius 1 is 1.21 bits per heavy atom. The van der Waals surface area contributed by atoms with Gasteiger partial charge in [-0.1, -0.05) is 24.3 Å². The number of hydrogen-bond acceptors (Lipinski definition) is 7. The van der Waals surface area contributed by atoms with E-state index in [1.54, 1.807) is 27.3 Å². The van der Waals surface area contributed by atoms with Crippen LogP contribution in [0, 0.1) is 6.92 Å². The zero-order valence-corrected chi connectivity index (χ0v) is 20.8. The number of fused-ring (bicyclic) bond motifs is 1. The van der Waals surface area contributed by atoms with E-state index in [4.69, 9.17) is 9.47 Å². The highest BCUT2D eigenvalue weighted by Gasteiger charge is 2.18. The molecule has 1 aromatic heterocycles. The van der Waals surface area contributed by atoms with Gasteiger partial charge in [-0.15, -0.1) is 0 Å². The van der Waals surface area contributed by atoms with Gasteiger partial charge in [0.2, 0.25) is 11.9 Å². The summed E-state index contributed by atoms with van der Waals surface area (Å²) in [6.45, 7) is 6.10. The third-order valence-electron chi connectivity index (χ3n) is 5.98. The summed E-state index contributed by atoms with van der Waals surface area (Å²) in [4.78, 5) is 34.5. The van der Waals surface area contributed by atoms with Crippen molar-refractivity contribution in [3.63, 3.8) is 0 Å². The molecule has 1 amide bonds. The van der Waals surface area contributed by atoms with Gasteiger partial charge in [-0.3, -0.25) is 14.6 Å². The molecule has 0 radical (unpaired) electrons. The SMILES string of the molecule is CNC(C)C(=O)NC(C)c1cccc(CN(C)c2nc3cc(OC)c(OC)c(C)c3c(=O)[nH]2)c1. The van der Waals surface area contributed by atoms with E-state index >= 15 is 0 Å². The van der Waals surface area contributed by atoms with Crippen molar-refractivity contribution in [3.8, 4) is 11.5 Å². The second-order valence-electron chi connectivity index (χ2n) is 8.36. The smallest absolute Gasteiger partial charge is 0.260 e. The van der Waals surface area contributed by atoms with Gasteiger partial charge in [0.05, 0.1) is 37.2 Å². The van der Waals surface area contributed by atoms with E-state index in [1.165, 1.54) is 0 Å². The van der Waals surface area contributed by atoms with Crippen LogP contribution in [0.4, 0.5) is 5.95 Å². The second-order valence-corrected chi connectivity index (χ2v) is 8.36. The summed E-state index contributed by atoms with van der Waals surface area (Å²) in [6, 6.07) is 9.29. The number of H-pyrrole nitrogens is 1. The normalized spacial score (nSPS) is 12.8. The Kier molecular flexibility index (Phi) is 7.78. The Balaban J connectivity index is 1.86. The maximum atomic E-state index is 12.9. The molecule has 1 heterocycles. The van der Waals surface area contributed by atoms with Crippen LogP contribution >= 0.6 is 0 Å². The maximum Gasteiger partial charge on any atom is 0.260 e. The molecule has 0 fully saturated rings. The molecule has 182 valence electrons. The van der Waals surface area contributed by atoms with E-state index in [1.807, 2.05) is 57.0 Å². The number of carbonyl (C=O) groups excluding carboxylic acids is 1. The van der Waals surface area contributed by atoms with E-state index in [0.29, 0.717) is 40.5 Å². The summed E-state index contributed by atoms with van der Waals surface area (Å²) in [5.41, 5.74) is 2.98. The fraction of sp³-hybridized carbons (Fsp3) is 0.400. The Labute approximate surface area is 199 Å². The number of amides is 1. The van der Waals surface area contributed by atoms with Gasteiger partial charge >= 0.3 is 0 Å². The fourth-order valence-corrected chi connectivity index (χ4v) is 3.88. The lowest BCUT2D eigenvalue weighted by Crippen LogP contribution is -2.41. The number of nitrogens with zero attached hydrogens (tertiary/aromatic N) is 2. The van der Waals surface area contributed by atoms with Crippen molar-refractivity contribution in [1.82, 2.24) is 20.6 Å². The molecule has 0 bridgehead atoms. The molecular formula is C25H33N5O4. The molecule has 0 aliphatic carbocycles. The van der Waals surface area contributed by atoms with Crippen LogP contribution in [0.15, 0.2) is 35.1 Å². The Morgan fingerprint density at radius 3 is 2.59 bits per heavy atom. The number of aromatic amines is 1. The van der Waals surface area contributed by atoms with Gasteiger partial charge in [0.25, 0.3) is 5.56 Å². The highest BCUT2D eigenvalue weighted by atomic mass is 16.5. The third kappa shape index (κ3) is 5.14. The average Bonchev–Trinajstić information content (AvgIpc) is 2.82. The van der Waals surface area contributed by atoms with Gasteiger partial charge in [0.15, 0.2) is 11.5 Å². The Hall–Kier alpha value is -3.59. The first-order chi connectivity index (χ1) is 16.2. The van der Waals surface area contributed by atoms with Crippen molar-refractivity contribution in [2.24, 2.45) is 0 Å². The van der Waals surface area contributed by atoms with Gasteiger partial charge in [-0.05, 0) is 38.9 Å².